The fourth-order valence-electron chi connectivity index (χ4n) is 1.17. The standard InChI is InChI=1S/C10H16OSi/c1-3-8-12-10-6-4-9(11-2)5-7-10/h4-7H,3,8,12H2,1-2H3. The van der Waals surface area contributed by atoms with Crippen LogP contribution in [0.2, 0.25) is 6.04 Å². The zero-order valence-electron chi connectivity index (χ0n) is 7.84. The van der Waals surface area contributed by atoms with E-state index in [0.717, 1.165) is 5.75 Å². The highest BCUT2D eigenvalue weighted by atomic mass is 28.2. The van der Waals surface area contributed by atoms with E-state index in [0.29, 0.717) is 0 Å². The van der Waals surface area contributed by atoms with Crippen molar-refractivity contribution in [3.63, 3.8) is 0 Å². The van der Waals surface area contributed by atoms with E-state index in [-0.39, 0.29) is 9.52 Å². The van der Waals surface area contributed by atoms with Crippen LogP contribution in [0.25, 0.3) is 0 Å². The Bertz CT molecular complexity index is 218. The van der Waals surface area contributed by atoms with Gasteiger partial charge < -0.3 is 4.74 Å². The van der Waals surface area contributed by atoms with E-state index in [1.165, 1.54) is 17.7 Å². The van der Waals surface area contributed by atoms with Crippen molar-refractivity contribution < 1.29 is 4.74 Å². The van der Waals surface area contributed by atoms with Crippen LogP contribution < -0.4 is 9.92 Å². The molecule has 0 heterocycles. The Morgan fingerprint density at radius 3 is 2.42 bits per heavy atom. The van der Waals surface area contributed by atoms with Crippen molar-refractivity contribution in [3.05, 3.63) is 24.3 Å². The predicted molar refractivity (Wildman–Crippen MR) is 56.3 cm³/mol. The zero-order valence-corrected chi connectivity index (χ0v) is 9.25. The van der Waals surface area contributed by atoms with Crippen molar-refractivity contribution >= 4 is 14.7 Å². The van der Waals surface area contributed by atoms with E-state index in [4.69, 9.17) is 4.74 Å². The van der Waals surface area contributed by atoms with Gasteiger partial charge in [0.1, 0.15) is 5.75 Å². The van der Waals surface area contributed by atoms with Gasteiger partial charge in [-0.15, -0.1) is 0 Å². The second kappa shape index (κ2) is 4.98. The van der Waals surface area contributed by atoms with Crippen LogP contribution in [0.3, 0.4) is 0 Å². The second-order valence-electron chi connectivity index (χ2n) is 2.95. The van der Waals surface area contributed by atoms with Gasteiger partial charge in [-0.1, -0.05) is 36.7 Å². The summed E-state index contributed by atoms with van der Waals surface area (Å²) >= 11 is 0. The minimum Gasteiger partial charge on any atom is -0.497 e. The van der Waals surface area contributed by atoms with E-state index in [1.54, 1.807) is 7.11 Å². The number of ether oxygens (including phenoxy) is 1. The molecule has 0 fully saturated rings. The van der Waals surface area contributed by atoms with Crippen LogP contribution >= 0.6 is 0 Å². The molecule has 1 aromatic rings. The third-order valence-corrected chi connectivity index (χ3v) is 4.09. The topological polar surface area (TPSA) is 9.23 Å². The van der Waals surface area contributed by atoms with Gasteiger partial charge in [0.15, 0.2) is 0 Å². The first kappa shape index (κ1) is 9.33. The fourth-order valence-corrected chi connectivity index (χ4v) is 2.50. The molecule has 0 saturated heterocycles. The van der Waals surface area contributed by atoms with Crippen molar-refractivity contribution in [1.82, 2.24) is 0 Å². The SMILES string of the molecule is CCC[SiH2]c1ccc(OC)cc1. The lowest BCUT2D eigenvalue weighted by atomic mass is 10.3. The molecule has 0 unspecified atom stereocenters. The third-order valence-electron chi connectivity index (χ3n) is 1.98. The lowest BCUT2D eigenvalue weighted by molar-refractivity contribution is 0.415. The molecule has 0 saturated carbocycles. The monoisotopic (exact) mass is 180 g/mol. The summed E-state index contributed by atoms with van der Waals surface area (Å²) in [6.45, 7) is 2.25. The van der Waals surface area contributed by atoms with Gasteiger partial charge in [0, 0.05) is 0 Å². The quantitative estimate of drug-likeness (QED) is 0.635. The maximum absolute atomic E-state index is 5.09. The second-order valence-corrected chi connectivity index (χ2v) is 4.98. The number of rotatable bonds is 4. The Morgan fingerprint density at radius 1 is 1.25 bits per heavy atom. The number of hydrogen-bond donors (Lipinski definition) is 0. The van der Waals surface area contributed by atoms with Crippen molar-refractivity contribution in [3.8, 4) is 5.75 Å². The molecule has 0 aliphatic carbocycles. The van der Waals surface area contributed by atoms with Crippen molar-refractivity contribution in [2.45, 2.75) is 19.4 Å². The van der Waals surface area contributed by atoms with Crippen LogP contribution in [0.4, 0.5) is 0 Å². The summed E-state index contributed by atoms with van der Waals surface area (Å²) < 4.78 is 5.09. The molecule has 1 aromatic carbocycles. The first-order valence-electron chi connectivity index (χ1n) is 4.49. The van der Waals surface area contributed by atoms with E-state index in [9.17, 15) is 0 Å². The summed E-state index contributed by atoms with van der Waals surface area (Å²) in [6.07, 6.45) is 1.32. The number of hydrogen-bond acceptors (Lipinski definition) is 1. The molecule has 2 heteroatoms. The Labute approximate surface area is 76.6 Å². The highest BCUT2D eigenvalue weighted by Crippen LogP contribution is 2.05. The minimum atomic E-state index is 0.00937. The van der Waals surface area contributed by atoms with E-state index in [1.807, 2.05) is 0 Å². The minimum absolute atomic E-state index is 0.00937. The summed E-state index contributed by atoms with van der Waals surface area (Å²) in [7, 11) is 1.72. The predicted octanol–water partition coefficient (Wildman–Crippen LogP) is 1.32. The lowest BCUT2D eigenvalue weighted by Crippen LogP contribution is -2.12. The van der Waals surface area contributed by atoms with Crippen molar-refractivity contribution in [1.29, 1.82) is 0 Å². The van der Waals surface area contributed by atoms with Gasteiger partial charge in [-0.05, 0) is 12.1 Å². The molecule has 0 aromatic heterocycles. The molecule has 0 N–H and O–H groups in total. The number of benzene rings is 1. The fraction of sp³-hybridized carbons (Fsp3) is 0.400. The van der Waals surface area contributed by atoms with Crippen LogP contribution in [0.1, 0.15) is 13.3 Å². The van der Waals surface area contributed by atoms with Gasteiger partial charge in [-0.2, -0.15) is 0 Å². The highest BCUT2D eigenvalue weighted by Gasteiger charge is 1.93. The molecule has 0 aliphatic rings. The molecule has 0 bridgehead atoms. The van der Waals surface area contributed by atoms with Crippen LogP contribution in [0.5, 0.6) is 5.75 Å². The molecule has 0 amide bonds. The van der Waals surface area contributed by atoms with Crippen molar-refractivity contribution in [2.24, 2.45) is 0 Å². The van der Waals surface area contributed by atoms with Gasteiger partial charge in [0.2, 0.25) is 0 Å². The molecule has 0 atom stereocenters. The van der Waals surface area contributed by atoms with Gasteiger partial charge in [0.05, 0.1) is 16.6 Å². The highest BCUT2D eigenvalue weighted by molar-refractivity contribution is 6.53. The first-order chi connectivity index (χ1) is 5.86. The maximum atomic E-state index is 5.09. The summed E-state index contributed by atoms with van der Waals surface area (Å²) in [6, 6.07) is 9.91. The summed E-state index contributed by atoms with van der Waals surface area (Å²) in [5.74, 6) is 0.962. The van der Waals surface area contributed by atoms with E-state index < -0.39 is 0 Å². The van der Waals surface area contributed by atoms with Crippen LogP contribution in [0.15, 0.2) is 24.3 Å². The molecule has 66 valence electrons. The van der Waals surface area contributed by atoms with Gasteiger partial charge in [0.25, 0.3) is 0 Å². The Balaban J connectivity index is 2.53. The molecule has 0 radical (unpaired) electrons. The smallest absolute Gasteiger partial charge is 0.118 e. The zero-order chi connectivity index (χ0) is 8.81. The largest absolute Gasteiger partial charge is 0.497 e. The average molecular weight is 180 g/mol. The van der Waals surface area contributed by atoms with Crippen LogP contribution in [-0.4, -0.2) is 16.6 Å². The van der Waals surface area contributed by atoms with Gasteiger partial charge >= 0.3 is 0 Å². The lowest BCUT2D eigenvalue weighted by Gasteiger charge is -2.01. The summed E-state index contributed by atoms with van der Waals surface area (Å²) in [5.41, 5.74) is 0. The third kappa shape index (κ3) is 2.70. The molecule has 0 spiro atoms. The average Bonchev–Trinajstić information content (AvgIpc) is 2.15. The van der Waals surface area contributed by atoms with Gasteiger partial charge in [-0.3, -0.25) is 0 Å². The van der Waals surface area contributed by atoms with E-state index >= 15 is 0 Å². The molecule has 1 nitrogen and oxygen atoms in total. The molecular formula is C10H16OSi. The Morgan fingerprint density at radius 2 is 1.92 bits per heavy atom. The first-order valence-corrected chi connectivity index (χ1v) is 6.20. The normalized spacial score (nSPS) is 10.8. The summed E-state index contributed by atoms with van der Waals surface area (Å²) in [5, 5.41) is 1.54. The molecular weight excluding hydrogens is 164 g/mol. The number of methoxy groups -OCH3 is 1. The maximum Gasteiger partial charge on any atom is 0.118 e. The van der Waals surface area contributed by atoms with E-state index in [2.05, 4.69) is 31.2 Å². The molecule has 12 heavy (non-hydrogen) atoms. The molecule has 1 rings (SSSR count). The Hall–Kier alpha value is -0.763. The van der Waals surface area contributed by atoms with Crippen LogP contribution in [-0.2, 0) is 0 Å². The van der Waals surface area contributed by atoms with Gasteiger partial charge in [-0.25, -0.2) is 0 Å². The van der Waals surface area contributed by atoms with Crippen LogP contribution in [0, 0.1) is 0 Å². The summed E-state index contributed by atoms with van der Waals surface area (Å²) in [4.78, 5) is 0. The van der Waals surface area contributed by atoms with Crippen molar-refractivity contribution in [2.75, 3.05) is 7.11 Å². The Kier molecular flexibility index (Phi) is 3.87. The molecule has 0 aliphatic heterocycles.